The van der Waals surface area contributed by atoms with Gasteiger partial charge in [-0.1, -0.05) is 33.1 Å². The number of nitrogens with one attached hydrogen (secondary N) is 1. The molecule has 0 aromatic heterocycles. The summed E-state index contributed by atoms with van der Waals surface area (Å²) in [5.41, 5.74) is 0. The fourth-order valence-electron chi connectivity index (χ4n) is 2.47. The van der Waals surface area contributed by atoms with E-state index in [1.54, 1.807) is 0 Å². The summed E-state index contributed by atoms with van der Waals surface area (Å²) < 4.78 is 0. The largest absolute Gasteiger partial charge is 0.310 e. The van der Waals surface area contributed by atoms with Gasteiger partial charge >= 0.3 is 0 Å². The highest BCUT2D eigenvalue weighted by molar-refractivity contribution is 4.97. The lowest BCUT2D eigenvalue weighted by Gasteiger charge is -2.23. The van der Waals surface area contributed by atoms with Crippen LogP contribution >= 0.6 is 0 Å². The van der Waals surface area contributed by atoms with Crippen LogP contribution < -0.4 is 5.32 Å². The van der Waals surface area contributed by atoms with Gasteiger partial charge in [0.1, 0.15) is 0 Å². The number of hydrogen-bond donors (Lipinski definition) is 1. The van der Waals surface area contributed by atoms with Gasteiger partial charge in [-0.3, -0.25) is 0 Å². The molecule has 0 aromatic rings. The molecular weight excluding hydrogens is 184 g/mol. The second-order valence-electron chi connectivity index (χ2n) is 4.69. The van der Waals surface area contributed by atoms with Crippen LogP contribution in [0.2, 0.25) is 0 Å². The Labute approximate surface area is 94.1 Å². The SMILES string of the molecule is CCCCC(CC)NC1CCCC1C#N. The summed E-state index contributed by atoms with van der Waals surface area (Å²) in [5.74, 6) is 0.265. The van der Waals surface area contributed by atoms with Crippen LogP contribution in [0, 0.1) is 17.2 Å². The van der Waals surface area contributed by atoms with E-state index in [-0.39, 0.29) is 5.92 Å². The van der Waals surface area contributed by atoms with E-state index < -0.39 is 0 Å². The van der Waals surface area contributed by atoms with E-state index in [1.165, 1.54) is 38.5 Å². The van der Waals surface area contributed by atoms with Gasteiger partial charge in [0.2, 0.25) is 0 Å². The molecule has 0 radical (unpaired) electrons. The second-order valence-corrected chi connectivity index (χ2v) is 4.69. The standard InChI is InChI=1S/C13H24N2/c1-3-5-8-12(4-2)15-13-9-6-7-11(13)10-14/h11-13,15H,3-9H2,1-2H3. The highest BCUT2D eigenvalue weighted by Gasteiger charge is 2.28. The van der Waals surface area contributed by atoms with E-state index in [0.717, 1.165) is 6.42 Å². The van der Waals surface area contributed by atoms with Crippen molar-refractivity contribution in [2.75, 3.05) is 0 Å². The quantitative estimate of drug-likeness (QED) is 0.727. The topological polar surface area (TPSA) is 35.8 Å². The number of nitrogens with zero attached hydrogens (tertiary/aromatic N) is 1. The molecule has 0 amide bonds. The van der Waals surface area contributed by atoms with Gasteiger partial charge in [-0.2, -0.15) is 5.26 Å². The summed E-state index contributed by atoms with van der Waals surface area (Å²) in [6.07, 6.45) is 8.54. The number of rotatable bonds is 6. The monoisotopic (exact) mass is 208 g/mol. The lowest BCUT2D eigenvalue weighted by Crippen LogP contribution is -2.39. The molecule has 0 aromatic carbocycles. The van der Waals surface area contributed by atoms with Crippen LogP contribution in [0.4, 0.5) is 0 Å². The fourth-order valence-corrected chi connectivity index (χ4v) is 2.47. The van der Waals surface area contributed by atoms with Crippen molar-refractivity contribution in [1.29, 1.82) is 5.26 Å². The van der Waals surface area contributed by atoms with E-state index in [0.29, 0.717) is 12.1 Å². The maximum Gasteiger partial charge on any atom is 0.0672 e. The normalized spacial score (nSPS) is 27.5. The molecule has 2 nitrogen and oxygen atoms in total. The highest BCUT2D eigenvalue weighted by atomic mass is 15.0. The van der Waals surface area contributed by atoms with Crippen molar-refractivity contribution < 1.29 is 0 Å². The van der Waals surface area contributed by atoms with E-state index >= 15 is 0 Å². The van der Waals surface area contributed by atoms with Crippen molar-refractivity contribution in [3.8, 4) is 6.07 Å². The van der Waals surface area contributed by atoms with Crippen LogP contribution in [0.15, 0.2) is 0 Å². The molecule has 1 saturated carbocycles. The molecule has 1 fully saturated rings. The second kappa shape index (κ2) is 6.85. The summed E-state index contributed by atoms with van der Waals surface area (Å²) in [5, 5.41) is 12.7. The first kappa shape index (κ1) is 12.5. The summed E-state index contributed by atoms with van der Waals surface area (Å²) in [6, 6.07) is 3.53. The molecule has 3 atom stereocenters. The van der Waals surface area contributed by atoms with Gasteiger partial charge in [-0.05, 0) is 25.7 Å². The average Bonchev–Trinajstić information content (AvgIpc) is 2.71. The first-order chi connectivity index (χ1) is 7.31. The Balaban J connectivity index is 2.34. The molecule has 86 valence electrons. The molecule has 0 bridgehead atoms. The maximum absolute atomic E-state index is 9.01. The molecule has 1 aliphatic rings. The Morgan fingerprint density at radius 3 is 2.80 bits per heavy atom. The van der Waals surface area contributed by atoms with Crippen molar-refractivity contribution in [1.82, 2.24) is 5.32 Å². The Morgan fingerprint density at radius 1 is 1.40 bits per heavy atom. The third kappa shape index (κ3) is 3.83. The summed E-state index contributed by atoms with van der Waals surface area (Å²) >= 11 is 0. The smallest absolute Gasteiger partial charge is 0.0672 e. The van der Waals surface area contributed by atoms with Gasteiger partial charge in [-0.15, -0.1) is 0 Å². The van der Waals surface area contributed by atoms with Gasteiger partial charge in [-0.25, -0.2) is 0 Å². The maximum atomic E-state index is 9.01. The molecule has 15 heavy (non-hydrogen) atoms. The highest BCUT2D eigenvalue weighted by Crippen LogP contribution is 2.25. The van der Waals surface area contributed by atoms with Crippen molar-refractivity contribution >= 4 is 0 Å². The lowest BCUT2D eigenvalue weighted by molar-refractivity contribution is 0.366. The van der Waals surface area contributed by atoms with E-state index in [4.69, 9.17) is 5.26 Å². The van der Waals surface area contributed by atoms with Crippen LogP contribution in [0.1, 0.15) is 58.8 Å². The molecule has 1 rings (SSSR count). The number of unbranched alkanes of at least 4 members (excludes halogenated alkanes) is 1. The molecule has 1 aliphatic carbocycles. The van der Waals surface area contributed by atoms with Crippen LogP contribution in [-0.2, 0) is 0 Å². The fraction of sp³-hybridized carbons (Fsp3) is 0.923. The van der Waals surface area contributed by atoms with Crippen molar-refractivity contribution in [2.45, 2.75) is 70.9 Å². The van der Waals surface area contributed by atoms with E-state index in [1.807, 2.05) is 0 Å². The predicted molar refractivity (Wildman–Crippen MR) is 63.5 cm³/mol. The van der Waals surface area contributed by atoms with Crippen LogP contribution in [0.25, 0.3) is 0 Å². The first-order valence-electron chi connectivity index (χ1n) is 6.47. The van der Waals surface area contributed by atoms with Crippen molar-refractivity contribution in [3.05, 3.63) is 0 Å². The zero-order chi connectivity index (χ0) is 11.1. The van der Waals surface area contributed by atoms with Crippen LogP contribution in [0.5, 0.6) is 0 Å². The summed E-state index contributed by atoms with van der Waals surface area (Å²) in [7, 11) is 0. The third-order valence-corrected chi connectivity index (χ3v) is 3.53. The molecule has 0 heterocycles. The molecule has 3 unspecified atom stereocenters. The molecule has 0 aliphatic heterocycles. The minimum Gasteiger partial charge on any atom is -0.310 e. The Morgan fingerprint density at radius 2 is 2.20 bits per heavy atom. The molecule has 1 N–H and O–H groups in total. The molecule has 0 saturated heterocycles. The minimum atomic E-state index is 0.265. The van der Waals surface area contributed by atoms with Crippen LogP contribution in [0.3, 0.4) is 0 Å². The van der Waals surface area contributed by atoms with Gasteiger partial charge < -0.3 is 5.32 Å². The van der Waals surface area contributed by atoms with Crippen molar-refractivity contribution in [3.63, 3.8) is 0 Å². The minimum absolute atomic E-state index is 0.265. The molecule has 0 spiro atoms. The average molecular weight is 208 g/mol. The molecule has 2 heteroatoms. The van der Waals surface area contributed by atoms with E-state index in [9.17, 15) is 0 Å². The first-order valence-corrected chi connectivity index (χ1v) is 6.47. The van der Waals surface area contributed by atoms with Gasteiger partial charge in [0.05, 0.1) is 12.0 Å². The zero-order valence-electron chi connectivity index (χ0n) is 10.1. The van der Waals surface area contributed by atoms with Crippen molar-refractivity contribution in [2.24, 2.45) is 5.92 Å². The number of nitriles is 1. The Hall–Kier alpha value is -0.550. The van der Waals surface area contributed by atoms with Gasteiger partial charge in [0, 0.05) is 12.1 Å². The van der Waals surface area contributed by atoms with Gasteiger partial charge in [0.15, 0.2) is 0 Å². The Kier molecular flexibility index (Phi) is 5.71. The van der Waals surface area contributed by atoms with Crippen LogP contribution in [-0.4, -0.2) is 12.1 Å². The predicted octanol–water partition coefficient (Wildman–Crippen LogP) is 3.24. The summed E-state index contributed by atoms with van der Waals surface area (Å²) in [6.45, 7) is 4.48. The Bertz CT molecular complexity index is 207. The van der Waals surface area contributed by atoms with E-state index in [2.05, 4.69) is 25.2 Å². The lowest BCUT2D eigenvalue weighted by atomic mass is 10.0. The number of hydrogen-bond acceptors (Lipinski definition) is 2. The molecular formula is C13H24N2. The van der Waals surface area contributed by atoms with Gasteiger partial charge in [0.25, 0.3) is 0 Å². The third-order valence-electron chi connectivity index (χ3n) is 3.53. The summed E-state index contributed by atoms with van der Waals surface area (Å²) in [4.78, 5) is 0. The zero-order valence-corrected chi connectivity index (χ0v) is 10.1.